The van der Waals surface area contributed by atoms with E-state index < -0.39 is 0 Å². The summed E-state index contributed by atoms with van der Waals surface area (Å²) in [4.78, 5) is 24.4. The number of rotatable bonds is 7. The molecule has 5 rings (SSSR count). The average Bonchev–Trinajstić information content (AvgIpc) is 3.41. The number of hydrogen-bond donors (Lipinski definition) is 2. The molecular formula is C28H27N5O2. The van der Waals surface area contributed by atoms with Crippen LogP contribution in [0.1, 0.15) is 29.0 Å². The van der Waals surface area contributed by atoms with Gasteiger partial charge in [0.05, 0.1) is 5.56 Å². The summed E-state index contributed by atoms with van der Waals surface area (Å²) in [5.74, 6) is 3.38. The minimum atomic E-state index is -0.237. The van der Waals surface area contributed by atoms with Gasteiger partial charge in [-0.1, -0.05) is 30.3 Å². The third-order valence-corrected chi connectivity index (χ3v) is 5.77. The molecule has 35 heavy (non-hydrogen) atoms. The molecule has 2 heterocycles. The van der Waals surface area contributed by atoms with Crippen molar-refractivity contribution in [3.8, 4) is 11.5 Å². The van der Waals surface area contributed by atoms with Gasteiger partial charge in [0.15, 0.2) is 0 Å². The largest absolute Gasteiger partial charge is 0.457 e. The number of nitrogens with one attached hydrogen (secondary N) is 2. The van der Waals surface area contributed by atoms with Crippen LogP contribution < -0.4 is 20.3 Å². The molecule has 1 aliphatic rings. The number of para-hydroxylation sites is 2. The summed E-state index contributed by atoms with van der Waals surface area (Å²) in [6.07, 6.45) is 2.39. The number of carbonyl (C=O) groups excluding carboxylic acids is 1. The zero-order valence-electron chi connectivity index (χ0n) is 19.6. The van der Waals surface area contributed by atoms with Gasteiger partial charge in [0.25, 0.3) is 5.91 Å². The third-order valence-electron chi connectivity index (χ3n) is 5.77. The Morgan fingerprint density at radius 2 is 1.54 bits per heavy atom. The molecule has 1 aromatic heterocycles. The molecule has 4 aromatic rings. The van der Waals surface area contributed by atoms with Crippen LogP contribution >= 0.6 is 0 Å². The van der Waals surface area contributed by atoms with Crippen LogP contribution in [0.25, 0.3) is 0 Å². The second-order valence-corrected chi connectivity index (χ2v) is 8.42. The van der Waals surface area contributed by atoms with E-state index in [0.29, 0.717) is 22.7 Å². The monoisotopic (exact) mass is 465 g/mol. The van der Waals surface area contributed by atoms with Crippen molar-refractivity contribution in [3.05, 3.63) is 96.3 Å². The van der Waals surface area contributed by atoms with Crippen LogP contribution in [0.4, 0.5) is 23.0 Å². The highest BCUT2D eigenvalue weighted by Gasteiger charge is 2.16. The van der Waals surface area contributed by atoms with Crippen LogP contribution in [0.5, 0.6) is 11.5 Å². The molecule has 0 bridgehead atoms. The molecular weight excluding hydrogens is 438 g/mol. The van der Waals surface area contributed by atoms with E-state index in [4.69, 9.17) is 4.74 Å². The smallest absolute Gasteiger partial charge is 0.259 e. The lowest BCUT2D eigenvalue weighted by Gasteiger charge is -2.18. The number of aryl methyl sites for hydroxylation is 1. The van der Waals surface area contributed by atoms with Gasteiger partial charge in [-0.3, -0.25) is 4.79 Å². The van der Waals surface area contributed by atoms with Gasteiger partial charge in [0, 0.05) is 30.5 Å². The number of carbonyl (C=O) groups is 1. The maximum absolute atomic E-state index is 13.0. The number of aromatic nitrogens is 2. The molecule has 3 aromatic carbocycles. The van der Waals surface area contributed by atoms with Crippen LogP contribution in [0.2, 0.25) is 0 Å². The summed E-state index contributed by atoms with van der Waals surface area (Å²) >= 11 is 0. The first kappa shape index (κ1) is 22.4. The summed E-state index contributed by atoms with van der Waals surface area (Å²) in [6, 6.07) is 26.1. The Hall–Kier alpha value is -4.39. The second kappa shape index (κ2) is 10.3. The minimum Gasteiger partial charge on any atom is -0.457 e. The van der Waals surface area contributed by atoms with Crippen LogP contribution in [0, 0.1) is 6.92 Å². The molecule has 1 fully saturated rings. The summed E-state index contributed by atoms with van der Waals surface area (Å²) in [5, 5.41) is 6.30. The zero-order valence-corrected chi connectivity index (χ0v) is 19.6. The molecule has 1 aliphatic heterocycles. The Bertz CT molecular complexity index is 1300. The number of nitrogens with zero attached hydrogens (tertiary/aromatic N) is 3. The highest BCUT2D eigenvalue weighted by molar-refractivity contribution is 6.06. The van der Waals surface area contributed by atoms with Gasteiger partial charge >= 0.3 is 0 Å². The predicted molar refractivity (Wildman–Crippen MR) is 139 cm³/mol. The van der Waals surface area contributed by atoms with E-state index in [9.17, 15) is 4.79 Å². The number of amides is 1. The first-order valence-corrected chi connectivity index (χ1v) is 11.7. The molecule has 0 unspecified atom stereocenters. The molecule has 2 N–H and O–H groups in total. The van der Waals surface area contributed by atoms with E-state index in [-0.39, 0.29) is 5.91 Å². The van der Waals surface area contributed by atoms with Crippen molar-refractivity contribution in [2.45, 2.75) is 19.8 Å². The highest BCUT2D eigenvalue weighted by atomic mass is 16.5. The van der Waals surface area contributed by atoms with Gasteiger partial charge in [-0.05, 0) is 68.3 Å². The predicted octanol–water partition coefficient (Wildman–Crippen LogP) is 6.17. The molecule has 1 saturated heterocycles. The Kier molecular flexibility index (Phi) is 6.57. The number of benzene rings is 3. The van der Waals surface area contributed by atoms with Gasteiger partial charge in [-0.2, -0.15) is 0 Å². The topological polar surface area (TPSA) is 79.4 Å². The molecule has 7 nitrogen and oxygen atoms in total. The minimum absolute atomic E-state index is 0.237. The molecule has 7 heteroatoms. The van der Waals surface area contributed by atoms with E-state index in [1.54, 1.807) is 12.1 Å². The molecule has 0 saturated carbocycles. The Labute approximate surface area is 204 Å². The fraction of sp³-hybridized carbons (Fsp3) is 0.179. The fourth-order valence-electron chi connectivity index (χ4n) is 4.07. The maximum Gasteiger partial charge on any atom is 0.259 e. The van der Waals surface area contributed by atoms with E-state index in [0.717, 1.165) is 36.2 Å². The summed E-state index contributed by atoms with van der Waals surface area (Å²) in [5.41, 5.74) is 2.03. The van der Waals surface area contributed by atoms with Crippen molar-refractivity contribution in [1.29, 1.82) is 0 Å². The van der Waals surface area contributed by atoms with Crippen molar-refractivity contribution >= 4 is 28.9 Å². The molecule has 0 aliphatic carbocycles. The van der Waals surface area contributed by atoms with Crippen LogP contribution in [0.3, 0.4) is 0 Å². The van der Waals surface area contributed by atoms with Crippen molar-refractivity contribution < 1.29 is 9.53 Å². The van der Waals surface area contributed by atoms with E-state index in [1.165, 1.54) is 12.8 Å². The van der Waals surface area contributed by atoms with Crippen LogP contribution in [0.15, 0.2) is 84.9 Å². The first-order valence-electron chi connectivity index (χ1n) is 11.7. The SMILES string of the molecule is Cc1nc(Nc2ccc(NC(=O)c3ccccc3Oc3ccccc3)cc2)cc(N2CCCC2)n1. The molecule has 1 amide bonds. The lowest BCUT2D eigenvalue weighted by atomic mass is 10.1. The van der Waals surface area contributed by atoms with E-state index >= 15 is 0 Å². The van der Waals surface area contributed by atoms with Crippen molar-refractivity contribution in [2.24, 2.45) is 0 Å². The van der Waals surface area contributed by atoms with Gasteiger partial charge in [0.2, 0.25) is 0 Å². The lowest BCUT2D eigenvalue weighted by molar-refractivity contribution is 0.102. The van der Waals surface area contributed by atoms with Crippen molar-refractivity contribution in [3.63, 3.8) is 0 Å². The Morgan fingerprint density at radius 3 is 2.31 bits per heavy atom. The third kappa shape index (κ3) is 5.58. The van der Waals surface area contributed by atoms with Gasteiger partial charge < -0.3 is 20.3 Å². The Balaban J connectivity index is 1.26. The van der Waals surface area contributed by atoms with E-state index in [1.807, 2.05) is 79.7 Å². The maximum atomic E-state index is 13.0. The zero-order chi connectivity index (χ0) is 24.0. The number of ether oxygens (including phenoxy) is 1. The van der Waals surface area contributed by atoms with Crippen molar-refractivity contribution in [2.75, 3.05) is 28.6 Å². The van der Waals surface area contributed by atoms with Gasteiger partial charge in [-0.15, -0.1) is 0 Å². The summed E-state index contributed by atoms with van der Waals surface area (Å²) in [6.45, 7) is 3.97. The van der Waals surface area contributed by atoms with Gasteiger partial charge in [0.1, 0.15) is 29.0 Å². The Morgan fingerprint density at radius 1 is 0.857 bits per heavy atom. The van der Waals surface area contributed by atoms with Gasteiger partial charge in [-0.25, -0.2) is 9.97 Å². The standard InChI is InChI=1S/C28H27N5O2/c1-20-29-26(19-27(30-20)33-17-7-8-18-33)31-21-13-15-22(16-14-21)32-28(34)24-11-5-6-12-25(24)35-23-9-3-2-4-10-23/h2-6,9-16,19H,7-8,17-18H2,1H3,(H,32,34)(H,29,30,31). The molecule has 176 valence electrons. The highest BCUT2D eigenvalue weighted by Crippen LogP contribution is 2.27. The summed E-state index contributed by atoms with van der Waals surface area (Å²) in [7, 11) is 0. The summed E-state index contributed by atoms with van der Waals surface area (Å²) < 4.78 is 5.92. The molecule has 0 radical (unpaired) electrons. The van der Waals surface area contributed by atoms with Crippen LogP contribution in [-0.2, 0) is 0 Å². The second-order valence-electron chi connectivity index (χ2n) is 8.42. The normalized spacial score (nSPS) is 12.9. The average molecular weight is 466 g/mol. The lowest BCUT2D eigenvalue weighted by Crippen LogP contribution is -2.19. The first-order chi connectivity index (χ1) is 17.1. The van der Waals surface area contributed by atoms with Crippen molar-refractivity contribution in [1.82, 2.24) is 9.97 Å². The molecule has 0 atom stereocenters. The van der Waals surface area contributed by atoms with Crippen LogP contribution in [-0.4, -0.2) is 29.0 Å². The number of anilines is 4. The molecule has 0 spiro atoms. The number of hydrogen-bond acceptors (Lipinski definition) is 6. The fourth-order valence-corrected chi connectivity index (χ4v) is 4.07. The quantitative estimate of drug-likeness (QED) is 0.340. The van der Waals surface area contributed by atoms with E-state index in [2.05, 4.69) is 25.5 Å².